The molecule has 1 aliphatic carbocycles. The van der Waals surface area contributed by atoms with Crippen LogP contribution < -0.4 is 5.32 Å². The summed E-state index contributed by atoms with van der Waals surface area (Å²) in [6.07, 6.45) is 2.24. The molecule has 1 heterocycles. The van der Waals surface area contributed by atoms with Crippen LogP contribution in [-0.4, -0.2) is 27.7 Å². The molecule has 5 heteroatoms. The van der Waals surface area contributed by atoms with Crippen LogP contribution in [0.4, 0.5) is 0 Å². The lowest BCUT2D eigenvalue weighted by Crippen LogP contribution is -2.47. The lowest BCUT2D eigenvalue weighted by Gasteiger charge is -2.37. The van der Waals surface area contributed by atoms with Crippen LogP contribution in [0, 0.1) is 5.92 Å². The molecule has 22 heavy (non-hydrogen) atoms. The number of amides is 1. The number of carbonyl (C=O) groups is 1. The van der Waals surface area contributed by atoms with Crippen molar-refractivity contribution >= 4 is 28.4 Å². The van der Waals surface area contributed by atoms with Crippen LogP contribution in [0.1, 0.15) is 36.7 Å². The van der Waals surface area contributed by atoms with Crippen molar-refractivity contribution in [3.63, 3.8) is 0 Å². The zero-order valence-corrected chi connectivity index (χ0v) is 13.6. The normalized spacial score (nSPS) is 22.4. The van der Waals surface area contributed by atoms with Gasteiger partial charge in [0.25, 0.3) is 5.91 Å². The van der Waals surface area contributed by atoms with Crippen LogP contribution >= 0.6 is 11.6 Å². The first-order valence-corrected chi connectivity index (χ1v) is 8.11. The first kappa shape index (κ1) is 15.4. The quantitative estimate of drug-likeness (QED) is 0.909. The van der Waals surface area contributed by atoms with Crippen LogP contribution in [0.2, 0.25) is 5.02 Å². The van der Waals surface area contributed by atoms with E-state index < -0.39 is 0 Å². The van der Waals surface area contributed by atoms with Gasteiger partial charge in [0.1, 0.15) is 5.69 Å². The second-order valence-corrected chi connectivity index (χ2v) is 6.60. The first-order chi connectivity index (χ1) is 10.5. The van der Waals surface area contributed by atoms with Gasteiger partial charge in [0.2, 0.25) is 0 Å². The van der Waals surface area contributed by atoms with E-state index in [9.17, 15) is 9.90 Å². The Morgan fingerprint density at radius 3 is 2.82 bits per heavy atom. The van der Waals surface area contributed by atoms with E-state index in [1.54, 1.807) is 0 Å². The number of benzene rings is 1. The highest BCUT2D eigenvalue weighted by molar-refractivity contribution is 6.31. The molecule has 1 amide bonds. The number of nitrogens with one attached hydrogen (secondary N) is 1. The topological polar surface area (TPSA) is 54.3 Å². The fourth-order valence-electron chi connectivity index (χ4n) is 3.28. The summed E-state index contributed by atoms with van der Waals surface area (Å²) in [5.41, 5.74) is 1.58. The molecule has 2 N–H and O–H groups in total. The molecule has 4 nitrogen and oxygen atoms in total. The Hall–Kier alpha value is -1.52. The third-order valence-electron chi connectivity index (χ3n) is 4.72. The van der Waals surface area contributed by atoms with E-state index in [-0.39, 0.29) is 18.1 Å². The maximum Gasteiger partial charge on any atom is 0.268 e. The van der Waals surface area contributed by atoms with Crippen molar-refractivity contribution in [1.82, 2.24) is 9.88 Å². The molecule has 0 saturated heterocycles. The van der Waals surface area contributed by atoms with E-state index in [0.29, 0.717) is 16.6 Å². The van der Waals surface area contributed by atoms with Gasteiger partial charge in [-0.1, -0.05) is 24.6 Å². The van der Waals surface area contributed by atoms with E-state index in [1.807, 2.05) is 35.9 Å². The van der Waals surface area contributed by atoms with Crippen molar-refractivity contribution in [3.05, 3.63) is 35.0 Å². The van der Waals surface area contributed by atoms with E-state index in [1.165, 1.54) is 0 Å². The van der Waals surface area contributed by atoms with Crippen LogP contribution in [0.15, 0.2) is 24.3 Å². The molecule has 1 aliphatic rings. The Morgan fingerprint density at radius 1 is 1.45 bits per heavy atom. The highest BCUT2D eigenvalue weighted by atomic mass is 35.5. The molecule has 1 fully saturated rings. The Morgan fingerprint density at radius 2 is 2.18 bits per heavy atom. The van der Waals surface area contributed by atoms with Gasteiger partial charge < -0.3 is 15.0 Å². The molecule has 2 aromatic rings. The van der Waals surface area contributed by atoms with Gasteiger partial charge in [-0.3, -0.25) is 4.79 Å². The molecule has 1 aromatic heterocycles. The second-order valence-electron chi connectivity index (χ2n) is 6.17. The summed E-state index contributed by atoms with van der Waals surface area (Å²) >= 11 is 6.03. The zero-order chi connectivity index (χ0) is 15.9. The molecule has 1 atom stereocenters. The van der Waals surface area contributed by atoms with Gasteiger partial charge in [-0.05, 0) is 43.4 Å². The molecular weight excluding hydrogens is 300 g/mol. The van der Waals surface area contributed by atoms with Gasteiger partial charge in [0.15, 0.2) is 0 Å². The summed E-state index contributed by atoms with van der Waals surface area (Å²) < 4.78 is 1.87. The summed E-state index contributed by atoms with van der Waals surface area (Å²) in [6, 6.07) is 7.64. The van der Waals surface area contributed by atoms with Crippen LogP contribution in [0.5, 0.6) is 0 Å². The number of fused-ring (bicyclic) bond motifs is 1. The molecule has 0 bridgehead atoms. The number of rotatable bonds is 4. The Balaban J connectivity index is 1.81. The van der Waals surface area contributed by atoms with Crippen molar-refractivity contribution in [2.45, 2.75) is 38.3 Å². The Bertz CT molecular complexity index is 704. The number of hydrogen-bond acceptors (Lipinski definition) is 2. The van der Waals surface area contributed by atoms with Gasteiger partial charge >= 0.3 is 0 Å². The van der Waals surface area contributed by atoms with Gasteiger partial charge in [0, 0.05) is 29.0 Å². The van der Waals surface area contributed by atoms with Gasteiger partial charge in [0.05, 0.1) is 6.10 Å². The largest absolute Gasteiger partial charge is 0.393 e. The molecule has 3 rings (SSSR count). The molecule has 0 unspecified atom stereocenters. The summed E-state index contributed by atoms with van der Waals surface area (Å²) in [4.78, 5) is 12.6. The van der Waals surface area contributed by atoms with Crippen molar-refractivity contribution in [2.24, 2.45) is 13.0 Å². The number of carbonyl (C=O) groups excluding carboxylic acids is 1. The fourth-order valence-corrected chi connectivity index (χ4v) is 3.44. The lowest BCUT2D eigenvalue weighted by molar-refractivity contribution is 0.0232. The summed E-state index contributed by atoms with van der Waals surface area (Å²) in [5, 5.41) is 14.2. The lowest BCUT2D eigenvalue weighted by atomic mass is 9.76. The van der Waals surface area contributed by atoms with Crippen LogP contribution in [0.25, 0.3) is 10.9 Å². The number of aliphatic hydroxyl groups is 1. The molecule has 1 saturated carbocycles. The maximum atomic E-state index is 12.6. The minimum Gasteiger partial charge on any atom is -0.393 e. The summed E-state index contributed by atoms with van der Waals surface area (Å²) in [5.74, 6) is 0.316. The number of halogens is 1. The Labute approximate surface area is 135 Å². The molecular formula is C17H21ClN2O2. The van der Waals surface area contributed by atoms with Gasteiger partial charge in [-0.15, -0.1) is 0 Å². The monoisotopic (exact) mass is 320 g/mol. The fraction of sp³-hybridized carbons (Fsp3) is 0.471. The summed E-state index contributed by atoms with van der Waals surface area (Å²) in [7, 11) is 1.88. The number of aryl methyl sites for hydroxylation is 1. The van der Waals surface area contributed by atoms with E-state index in [4.69, 9.17) is 11.6 Å². The Kier molecular flexibility index (Phi) is 4.15. The minimum absolute atomic E-state index is 0.0666. The summed E-state index contributed by atoms with van der Waals surface area (Å²) in [6.45, 7) is 2.07. The average molecular weight is 321 g/mol. The smallest absolute Gasteiger partial charge is 0.268 e. The van der Waals surface area contributed by atoms with E-state index >= 15 is 0 Å². The maximum absolute atomic E-state index is 12.6. The average Bonchev–Trinajstić information content (AvgIpc) is 2.79. The molecule has 0 aliphatic heterocycles. The number of aliphatic hydroxyl groups excluding tert-OH is 1. The number of nitrogens with zero attached hydrogens (tertiary/aromatic N) is 1. The molecule has 1 aromatic carbocycles. The van der Waals surface area contributed by atoms with E-state index in [2.05, 4.69) is 12.2 Å². The van der Waals surface area contributed by atoms with Crippen molar-refractivity contribution in [2.75, 3.05) is 0 Å². The van der Waals surface area contributed by atoms with Gasteiger partial charge in [-0.2, -0.15) is 0 Å². The third kappa shape index (κ3) is 2.73. The number of hydrogen-bond donors (Lipinski definition) is 2. The molecule has 0 spiro atoms. The minimum atomic E-state index is -0.198. The first-order valence-electron chi connectivity index (χ1n) is 7.73. The molecule has 0 radical (unpaired) electrons. The third-order valence-corrected chi connectivity index (χ3v) is 4.95. The van der Waals surface area contributed by atoms with Crippen molar-refractivity contribution < 1.29 is 9.90 Å². The highest BCUT2D eigenvalue weighted by Crippen LogP contribution is 2.31. The number of aromatic nitrogens is 1. The second kappa shape index (κ2) is 5.94. The predicted octanol–water partition coefficient (Wildman–Crippen LogP) is 3.11. The molecule has 118 valence electrons. The zero-order valence-electron chi connectivity index (χ0n) is 12.8. The van der Waals surface area contributed by atoms with Crippen molar-refractivity contribution in [1.29, 1.82) is 0 Å². The highest BCUT2D eigenvalue weighted by Gasteiger charge is 2.34. The SMILES string of the molecule is CC[C@@H](NC(=O)c1cc2ccc(Cl)cc2n1C)C1CC(O)C1. The van der Waals surface area contributed by atoms with Crippen LogP contribution in [-0.2, 0) is 7.05 Å². The van der Waals surface area contributed by atoms with Crippen molar-refractivity contribution in [3.8, 4) is 0 Å². The van der Waals surface area contributed by atoms with Gasteiger partial charge in [-0.25, -0.2) is 0 Å². The van der Waals surface area contributed by atoms with E-state index in [0.717, 1.165) is 30.2 Å². The van der Waals surface area contributed by atoms with Crippen LogP contribution in [0.3, 0.4) is 0 Å². The predicted molar refractivity (Wildman–Crippen MR) is 88.2 cm³/mol. The standard InChI is InChI=1S/C17H21ClN2O2/c1-3-14(11-6-13(21)7-11)19-17(22)16-8-10-4-5-12(18)9-15(10)20(16)2/h4-5,8-9,11,13-14,21H,3,6-7H2,1-2H3,(H,19,22)/t11?,13?,14-/m1/s1.